The molecule has 0 fully saturated rings. The van der Waals surface area contributed by atoms with Crippen molar-refractivity contribution in [2.45, 2.75) is 26.7 Å². The van der Waals surface area contributed by atoms with Gasteiger partial charge in [-0.2, -0.15) is 0 Å². The van der Waals surface area contributed by atoms with E-state index in [2.05, 4.69) is 4.98 Å². The molecular weight excluding hydrogens is 386 g/mol. The molecule has 0 aliphatic rings. The maximum Gasteiger partial charge on any atom is 0.360 e. The van der Waals surface area contributed by atoms with E-state index in [1.165, 1.54) is 6.26 Å². The van der Waals surface area contributed by atoms with Gasteiger partial charge in [0, 0.05) is 0 Å². The number of aromatic nitrogens is 1. The first kappa shape index (κ1) is 21.1. The summed E-state index contributed by atoms with van der Waals surface area (Å²) in [6.45, 7) is 4.24. The lowest BCUT2D eigenvalue weighted by Crippen LogP contribution is -2.09. The van der Waals surface area contributed by atoms with Crippen molar-refractivity contribution in [2.75, 3.05) is 13.2 Å². The largest absolute Gasteiger partial charge is 0.462 e. The SMILES string of the molecule is CCCCOC(=O)c1cc(Oc2ccccc2)ccc1-c1nc(C(=O)OCC)co1. The molecule has 0 bridgehead atoms. The van der Waals surface area contributed by atoms with Crippen LogP contribution in [0.3, 0.4) is 0 Å². The molecular formula is C23H23NO6. The summed E-state index contributed by atoms with van der Waals surface area (Å²) < 4.78 is 21.6. The number of ether oxygens (including phenoxy) is 3. The van der Waals surface area contributed by atoms with Gasteiger partial charge in [0.2, 0.25) is 5.89 Å². The Balaban J connectivity index is 1.92. The molecule has 3 rings (SSSR count). The summed E-state index contributed by atoms with van der Waals surface area (Å²) in [6, 6.07) is 14.1. The number of oxazole rings is 1. The van der Waals surface area contributed by atoms with E-state index < -0.39 is 11.9 Å². The zero-order valence-corrected chi connectivity index (χ0v) is 16.9. The fraction of sp³-hybridized carbons (Fsp3) is 0.261. The highest BCUT2D eigenvalue weighted by molar-refractivity contribution is 5.97. The molecule has 2 aromatic carbocycles. The minimum absolute atomic E-state index is 0.0294. The van der Waals surface area contributed by atoms with Crippen molar-refractivity contribution in [2.24, 2.45) is 0 Å². The van der Waals surface area contributed by atoms with Crippen LogP contribution in [0.2, 0.25) is 0 Å². The van der Waals surface area contributed by atoms with E-state index in [1.807, 2.05) is 37.3 Å². The highest BCUT2D eigenvalue weighted by Gasteiger charge is 2.21. The van der Waals surface area contributed by atoms with Crippen molar-refractivity contribution in [1.29, 1.82) is 0 Å². The molecule has 7 heteroatoms. The standard InChI is InChI=1S/C23H23NO6/c1-3-5-13-28-22(25)19-14-17(30-16-9-7-6-8-10-16)11-12-18(19)21-24-20(15-29-21)23(26)27-4-2/h6-12,14-15H,3-5,13H2,1-2H3. The summed E-state index contributed by atoms with van der Waals surface area (Å²) in [7, 11) is 0. The van der Waals surface area contributed by atoms with Gasteiger partial charge in [0.05, 0.1) is 24.3 Å². The normalized spacial score (nSPS) is 10.5. The van der Waals surface area contributed by atoms with Crippen LogP contribution in [0, 0.1) is 0 Å². The molecule has 0 saturated carbocycles. The van der Waals surface area contributed by atoms with Gasteiger partial charge in [0.25, 0.3) is 0 Å². The number of carbonyl (C=O) groups is 2. The van der Waals surface area contributed by atoms with Gasteiger partial charge in [-0.25, -0.2) is 14.6 Å². The molecule has 30 heavy (non-hydrogen) atoms. The first-order valence-electron chi connectivity index (χ1n) is 9.79. The molecule has 0 amide bonds. The van der Waals surface area contributed by atoms with Crippen molar-refractivity contribution in [1.82, 2.24) is 4.98 Å². The van der Waals surface area contributed by atoms with Crippen LogP contribution in [0.25, 0.3) is 11.5 Å². The van der Waals surface area contributed by atoms with Gasteiger partial charge in [-0.05, 0) is 43.7 Å². The van der Waals surface area contributed by atoms with Gasteiger partial charge in [-0.1, -0.05) is 31.5 Å². The molecule has 1 heterocycles. The highest BCUT2D eigenvalue weighted by Crippen LogP contribution is 2.30. The molecule has 156 valence electrons. The number of benzene rings is 2. The molecule has 7 nitrogen and oxygen atoms in total. The number of rotatable bonds is 9. The summed E-state index contributed by atoms with van der Waals surface area (Å²) in [5.41, 5.74) is 0.658. The summed E-state index contributed by atoms with van der Waals surface area (Å²) in [4.78, 5) is 28.8. The zero-order chi connectivity index (χ0) is 21.3. The fourth-order valence-corrected chi connectivity index (χ4v) is 2.65. The van der Waals surface area contributed by atoms with Crippen LogP contribution in [-0.2, 0) is 9.47 Å². The van der Waals surface area contributed by atoms with E-state index in [-0.39, 0.29) is 23.8 Å². The Bertz CT molecular complexity index is 996. The smallest absolute Gasteiger partial charge is 0.360 e. The van der Waals surface area contributed by atoms with Crippen molar-refractivity contribution in [3.05, 3.63) is 66.1 Å². The average Bonchev–Trinajstić information content (AvgIpc) is 3.25. The van der Waals surface area contributed by atoms with Crippen LogP contribution >= 0.6 is 0 Å². The number of para-hydroxylation sites is 1. The second-order valence-electron chi connectivity index (χ2n) is 6.37. The minimum atomic E-state index is -0.594. The third-order valence-electron chi connectivity index (χ3n) is 4.14. The van der Waals surface area contributed by atoms with Gasteiger partial charge in [0.1, 0.15) is 17.8 Å². The van der Waals surface area contributed by atoms with Crippen molar-refractivity contribution < 1.29 is 28.2 Å². The Kier molecular flexibility index (Phi) is 7.21. The highest BCUT2D eigenvalue weighted by atomic mass is 16.5. The quantitative estimate of drug-likeness (QED) is 0.351. The molecule has 1 aromatic heterocycles. The van der Waals surface area contributed by atoms with Gasteiger partial charge >= 0.3 is 11.9 Å². The summed E-state index contributed by atoms with van der Waals surface area (Å²) in [5, 5.41) is 0. The van der Waals surface area contributed by atoms with Gasteiger partial charge in [0.15, 0.2) is 5.69 Å². The Hall–Kier alpha value is -3.61. The van der Waals surface area contributed by atoms with E-state index in [9.17, 15) is 9.59 Å². The monoisotopic (exact) mass is 409 g/mol. The van der Waals surface area contributed by atoms with Gasteiger partial charge < -0.3 is 18.6 Å². The van der Waals surface area contributed by atoms with Crippen LogP contribution in [0.15, 0.2) is 59.2 Å². The number of unbranched alkanes of at least 4 members (excludes halogenated alkanes) is 1. The first-order chi connectivity index (χ1) is 14.6. The molecule has 0 spiro atoms. The second-order valence-corrected chi connectivity index (χ2v) is 6.37. The van der Waals surface area contributed by atoms with Crippen molar-refractivity contribution >= 4 is 11.9 Å². The van der Waals surface area contributed by atoms with Crippen LogP contribution in [0.4, 0.5) is 0 Å². The molecule has 0 aliphatic carbocycles. The summed E-state index contributed by atoms with van der Waals surface area (Å²) in [6.07, 6.45) is 2.86. The molecule has 3 aromatic rings. The first-order valence-corrected chi connectivity index (χ1v) is 9.79. The topological polar surface area (TPSA) is 87.9 Å². The lowest BCUT2D eigenvalue weighted by Gasteiger charge is -2.11. The predicted octanol–water partition coefficient (Wildman–Crippen LogP) is 5.27. The maximum atomic E-state index is 12.7. The van der Waals surface area contributed by atoms with Gasteiger partial charge in [-0.15, -0.1) is 0 Å². The maximum absolute atomic E-state index is 12.7. The Labute approximate surface area is 174 Å². The lowest BCUT2D eigenvalue weighted by atomic mass is 10.1. The summed E-state index contributed by atoms with van der Waals surface area (Å²) >= 11 is 0. The minimum Gasteiger partial charge on any atom is -0.462 e. The van der Waals surface area contributed by atoms with Gasteiger partial charge in [-0.3, -0.25) is 0 Å². The predicted molar refractivity (Wildman–Crippen MR) is 110 cm³/mol. The van der Waals surface area contributed by atoms with Crippen LogP contribution in [-0.4, -0.2) is 30.1 Å². The second kappa shape index (κ2) is 10.2. The number of esters is 2. The number of hydrogen-bond acceptors (Lipinski definition) is 7. The van der Waals surface area contributed by atoms with E-state index >= 15 is 0 Å². The molecule has 0 aliphatic heterocycles. The molecule has 0 atom stereocenters. The van der Waals surface area contributed by atoms with Crippen LogP contribution < -0.4 is 4.74 Å². The van der Waals surface area contributed by atoms with Crippen LogP contribution in [0.5, 0.6) is 11.5 Å². The Morgan fingerprint density at radius 1 is 0.967 bits per heavy atom. The van der Waals surface area contributed by atoms with Crippen molar-refractivity contribution in [3.63, 3.8) is 0 Å². The number of carbonyl (C=O) groups excluding carboxylic acids is 2. The van der Waals surface area contributed by atoms with Crippen molar-refractivity contribution in [3.8, 4) is 23.0 Å². The Morgan fingerprint density at radius 3 is 2.50 bits per heavy atom. The molecule has 0 radical (unpaired) electrons. The lowest BCUT2D eigenvalue weighted by molar-refractivity contribution is 0.0496. The third kappa shape index (κ3) is 5.26. The third-order valence-corrected chi connectivity index (χ3v) is 4.14. The van der Waals surface area contributed by atoms with E-state index in [0.29, 0.717) is 23.7 Å². The molecule has 0 unspecified atom stereocenters. The molecule has 0 saturated heterocycles. The fourth-order valence-electron chi connectivity index (χ4n) is 2.65. The average molecular weight is 409 g/mol. The summed E-state index contributed by atoms with van der Waals surface area (Å²) in [5.74, 6) is 0.101. The Morgan fingerprint density at radius 2 is 1.77 bits per heavy atom. The zero-order valence-electron chi connectivity index (χ0n) is 16.9. The molecule has 0 N–H and O–H groups in total. The van der Waals surface area contributed by atoms with E-state index in [0.717, 1.165) is 12.8 Å². The van der Waals surface area contributed by atoms with Crippen LogP contribution in [0.1, 0.15) is 47.5 Å². The number of hydrogen-bond donors (Lipinski definition) is 0. The van der Waals surface area contributed by atoms with E-state index in [1.54, 1.807) is 25.1 Å². The number of nitrogens with zero attached hydrogens (tertiary/aromatic N) is 1. The van der Waals surface area contributed by atoms with E-state index in [4.69, 9.17) is 18.6 Å².